The summed E-state index contributed by atoms with van der Waals surface area (Å²) in [5.41, 5.74) is 7.12. The molecule has 1 aromatic carbocycles. The lowest BCUT2D eigenvalue weighted by atomic mass is 9.78. The highest BCUT2D eigenvalue weighted by atomic mass is 35.5. The molecule has 0 bridgehead atoms. The lowest BCUT2D eigenvalue weighted by Gasteiger charge is -2.32. The van der Waals surface area contributed by atoms with E-state index in [1.54, 1.807) is 0 Å². The molecule has 1 aromatic rings. The molecule has 0 aliphatic heterocycles. The van der Waals surface area contributed by atoms with E-state index in [2.05, 4.69) is 5.32 Å². The molecule has 5 heteroatoms. The van der Waals surface area contributed by atoms with Crippen molar-refractivity contribution >= 4 is 18.3 Å². The fourth-order valence-corrected chi connectivity index (χ4v) is 4.29. The Morgan fingerprint density at radius 3 is 2.46 bits per heavy atom. The van der Waals surface area contributed by atoms with Crippen molar-refractivity contribution in [3.8, 4) is 0 Å². The van der Waals surface area contributed by atoms with E-state index in [0.717, 1.165) is 44.1 Å². The van der Waals surface area contributed by atoms with Crippen LogP contribution in [-0.4, -0.2) is 18.5 Å². The molecule has 1 amide bonds. The Kier molecular flexibility index (Phi) is 6.64. The number of benzene rings is 1. The summed E-state index contributed by atoms with van der Waals surface area (Å²) in [5, 5.41) is 3.18. The fraction of sp³-hybridized carbons (Fsp3) is 0.632. The van der Waals surface area contributed by atoms with Gasteiger partial charge >= 0.3 is 0 Å². The maximum atomic E-state index is 13.2. The molecule has 0 aromatic heterocycles. The van der Waals surface area contributed by atoms with Crippen molar-refractivity contribution in [1.29, 1.82) is 0 Å². The average Bonchev–Trinajstić information content (AvgIpc) is 3.03. The summed E-state index contributed by atoms with van der Waals surface area (Å²) < 4.78 is 13.2. The summed E-state index contributed by atoms with van der Waals surface area (Å²) in [7, 11) is 0. The largest absolute Gasteiger partial charge is 0.355 e. The third kappa shape index (κ3) is 4.28. The van der Waals surface area contributed by atoms with Crippen LogP contribution in [0.5, 0.6) is 0 Å². The van der Waals surface area contributed by atoms with Crippen LogP contribution in [0, 0.1) is 11.7 Å². The zero-order valence-corrected chi connectivity index (χ0v) is 14.9. The molecule has 0 saturated heterocycles. The Balaban J connectivity index is 0.00000208. The SMILES string of the molecule is Cl.NC1CCCC(C(=O)NCC2(c3ccc(F)cc3)CCCC2)C1. The Labute approximate surface area is 150 Å². The van der Waals surface area contributed by atoms with Gasteiger partial charge in [-0.25, -0.2) is 4.39 Å². The summed E-state index contributed by atoms with van der Waals surface area (Å²) >= 11 is 0. The van der Waals surface area contributed by atoms with Gasteiger partial charge in [0.25, 0.3) is 0 Å². The van der Waals surface area contributed by atoms with Crippen molar-refractivity contribution in [3.63, 3.8) is 0 Å². The second kappa shape index (κ2) is 8.30. The van der Waals surface area contributed by atoms with Crippen LogP contribution in [0.1, 0.15) is 56.9 Å². The number of hydrogen-bond acceptors (Lipinski definition) is 2. The van der Waals surface area contributed by atoms with Crippen LogP contribution < -0.4 is 11.1 Å². The van der Waals surface area contributed by atoms with Gasteiger partial charge in [-0.05, 0) is 49.8 Å². The van der Waals surface area contributed by atoms with E-state index in [1.807, 2.05) is 12.1 Å². The predicted molar refractivity (Wildman–Crippen MR) is 96.7 cm³/mol. The van der Waals surface area contributed by atoms with Crippen molar-refractivity contribution in [3.05, 3.63) is 35.6 Å². The van der Waals surface area contributed by atoms with Crippen molar-refractivity contribution in [2.45, 2.75) is 62.8 Å². The van der Waals surface area contributed by atoms with Gasteiger partial charge in [0.1, 0.15) is 5.82 Å². The van der Waals surface area contributed by atoms with E-state index < -0.39 is 0 Å². The molecule has 2 fully saturated rings. The van der Waals surface area contributed by atoms with Gasteiger partial charge in [-0.15, -0.1) is 12.4 Å². The minimum absolute atomic E-state index is 0. The quantitative estimate of drug-likeness (QED) is 0.866. The van der Waals surface area contributed by atoms with Gasteiger partial charge in [0.2, 0.25) is 5.91 Å². The molecular formula is C19H28ClFN2O. The number of carbonyl (C=O) groups is 1. The first-order valence-electron chi connectivity index (χ1n) is 8.88. The summed E-state index contributed by atoms with van der Waals surface area (Å²) in [5.74, 6) is 0.00100. The molecule has 2 aliphatic rings. The fourth-order valence-electron chi connectivity index (χ4n) is 4.29. The van der Waals surface area contributed by atoms with E-state index >= 15 is 0 Å². The van der Waals surface area contributed by atoms with Gasteiger partial charge in [-0.2, -0.15) is 0 Å². The van der Waals surface area contributed by atoms with Crippen molar-refractivity contribution in [2.24, 2.45) is 11.7 Å². The monoisotopic (exact) mass is 354 g/mol. The molecule has 2 atom stereocenters. The van der Waals surface area contributed by atoms with Gasteiger partial charge in [0, 0.05) is 23.9 Å². The minimum Gasteiger partial charge on any atom is -0.355 e. The van der Waals surface area contributed by atoms with Crippen molar-refractivity contribution in [1.82, 2.24) is 5.32 Å². The van der Waals surface area contributed by atoms with Crippen LogP contribution >= 0.6 is 12.4 Å². The summed E-state index contributed by atoms with van der Waals surface area (Å²) in [6.45, 7) is 0.656. The number of carbonyl (C=O) groups excluding carboxylic acids is 1. The first kappa shape index (κ1) is 19.2. The molecule has 3 nitrogen and oxygen atoms in total. The normalized spacial score (nSPS) is 25.8. The highest BCUT2D eigenvalue weighted by molar-refractivity contribution is 5.85. The van der Waals surface area contributed by atoms with Gasteiger partial charge in [0.05, 0.1) is 0 Å². The number of halogens is 2. The van der Waals surface area contributed by atoms with Crippen LogP contribution in [0.4, 0.5) is 4.39 Å². The second-order valence-corrected chi connectivity index (χ2v) is 7.34. The first-order chi connectivity index (χ1) is 11.1. The first-order valence-corrected chi connectivity index (χ1v) is 8.88. The lowest BCUT2D eigenvalue weighted by molar-refractivity contribution is -0.126. The molecule has 3 N–H and O–H groups in total. The van der Waals surface area contributed by atoms with Crippen LogP contribution in [0.2, 0.25) is 0 Å². The molecule has 2 aliphatic carbocycles. The second-order valence-electron chi connectivity index (χ2n) is 7.34. The number of rotatable bonds is 4. The molecule has 134 valence electrons. The molecule has 0 radical (unpaired) electrons. The standard InChI is InChI=1S/C19H27FN2O.ClH/c20-16-8-6-15(7-9-16)19(10-1-2-11-19)13-22-18(23)14-4-3-5-17(21)12-14;/h6-9,14,17H,1-5,10-13,21H2,(H,22,23);1H. The average molecular weight is 355 g/mol. The summed E-state index contributed by atoms with van der Waals surface area (Å²) in [6.07, 6.45) is 8.28. The topological polar surface area (TPSA) is 55.1 Å². The lowest BCUT2D eigenvalue weighted by Crippen LogP contribution is -2.43. The van der Waals surface area contributed by atoms with Gasteiger partial charge < -0.3 is 11.1 Å². The molecule has 2 unspecified atom stereocenters. The maximum Gasteiger partial charge on any atom is 0.223 e. The van der Waals surface area contributed by atoms with Crippen LogP contribution in [0.3, 0.4) is 0 Å². The van der Waals surface area contributed by atoms with E-state index in [4.69, 9.17) is 5.73 Å². The highest BCUT2D eigenvalue weighted by Crippen LogP contribution is 2.40. The Bertz CT molecular complexity index is 543. The Hall–Kier alpha value is -1.13. The molecule has 0 heterocycles. The number of hydrogen-bond donors (Lipinski definition) is 2. The molecule has 0 spiro atoms. The highest BCUT2D eigenvalue weighted by Gasteiger charge is 2.36. The zero-order valence-electron chi connectivity index (χ0n) is 14.1. The van der Waals surface area contributed by atoms with Crippen LogP contribution in [0.25, 0.3) is 0 Å². The van der Waals surface area contributed by atoms with E-state index in [-0.39, 0.29) is 41.5 Å². The molecular weight excluding hydrogens is 327 g/mol. The summed E-state index contributed by atoms with van der Waals surface area (Å²) in [6, 6.07) is 6.97. The Morgan fingerprint density at radius 2 is 1.83 bits per heavy atom. The third-order valence-corrected chi connectivity index (χ3v) is 5.70. The van der Waals surface area contributed by atoms with E-state index in [0.29, 0.717) is 6.54 Å². The third-order valence-electron chi connectivity index (χ3n) is 5.70. The van der Waals surface area contributed by atoms with E-state index in [1.165, 1.54) is 25.0 Å². The minimum atomic E-state index is -0.206. The smallest absolute Gasteiger partial charge is 0.223 e. The van der Waals surface area contributed by atoms with Gasteiger partial charge in [-0.3, -0.25) is 4.79 Å². The van der Waals surface area contributed by atoms with Gasteiger partial charge in [-0.1, -0.05) is 31.4 Å². The van der Waals surface area contributed by atoms with Gasteiger partial charge in [0.15, 0.2) is 0 Å². The maximum absolute atomic E-state index is 13.2. The zero-order chi connectivity index (χ0) is 16.3. The molecule has 24 heavy (non-hydrogen) atoms. The predicted octanol–water partition coefficient (Wildman–Crippen LogP) is 3.69. The molecule has 2 saturated carbocycles. The number of nitrogens with one attached hydrogen (secondary N) is 1. The summed E-state index contributed by atoms with van der Waals surface area (Å²) in [4.78, 5) is 12.5. The Morgan fingerprint density at radius 1 is 1.17 bits per heavy atom. The van der Waals surface area contributed by atoms with Crippen LogP contribution in [-0.2, 0) is 10.2 Å². The number of amides is 1. The number of nitrogens with two attached hydrogens (primary N) is 1. The van der Waals surface area contributed by atoms with Crippen molar-refractivity contribution < 1.29 is 9.18 Å². The molecule has 3 rings (SSSR count). The van der Waals surface area contributed by atoms with E-state index in [9.17, 15) is 9.18 Å². The van der Waals surface area contributed by atoms with Crippen LogP contribution in [0.15, 0.2) is 24.3 Å². The van der Waals surface area contributed by atoms with Crippen molar-refractivity contribution in [2.75, 3.05) is 6.54 Å².